The zero-order valence-corrected chi connectivity index (χ0v) is 12.2. The van der Waals surface area contributed by atoms with E-state index in [4.69, 9.17) is 0 Å². The van der Waals surface area contributed by atoms with Gasteiger partial charge in [-0.25, -0.2) is 0 Å². The number of para-hydroxylation sites is 1. The molecule has 0 aromatic heterocycles. The smallest absolute Gasteiger partial charge is 0.122 e. The average molecular weight is 256 g/mol. The second-order valence-electron chi connectivity index (χ2n) is 5.42. The van der Waals surface area contributed by atoms with E-state index in [1.807, 2.05) is 30.4 Å². The van der Waals surface area contributed by atoms with E-state index in [2.05, 4.69) is 39.5 Å². The lowest BCUT2D eigenvalue weighted by Crippen LogP contribution is -2.08. The number of hydrogen-bond acceptors (Lipinski definition) is 1. The number of hydrogen-bond donors (Lipinski definition) is 1. The standard InChI is InChI=1S/C18H24O/c1-5-18(4,13-8-9-15(2)3)14-12-16-10-6-7-11-17(16)19/h5-7,9-12,14,19H,1,8,13H2,2-4H3/b14-12+/t18-/m1/s1. The maximum absolute atomic E-state index is 9.74. The molecule has 0 fully saturated rings. The van der Waals surface area contributed by atoms with Crippen LogP contribution >= 0.6 is 0 Å². The Labute approximate surface area is 117 Å². The zero-order chi connectivity index (χ0) is 14.3. The first-order chi connectivity index (χ1) is 8.97. The summed E-state index contributed by atoms with van der Waals surface area (Å²) in [6, 6.07) is 7.36. The first-order valence-electron chi connectivity index (χ1n) is 6.71. The molecule has 1 aromatic rings. The molecule has 0 radical (unpaired) electrons. The number of rotatable bonds is 6. The van der Waals surface area contributed by atoms with Gasteiger partial charge in [0.25, 0.3) is 0 Å². The maximum atomic E-state index is 9.74. The Bertz CT molecular complexity index is 478. The molecule has 0 spiro atoms. The highest BCUT2D eigenvalue weighted by Gasteiger charge is 2.15. The van der Waals surface area contributed by atoms with Crippen LogP contribution in [-0.4, -0.2) is 5.11 Å². The SMILES string of the molecule is C=C[C@@](C)(/C=C/c1ccccc1O)CCC=C(C)C. The zero-order valence-electron chi connectivity index (χ0n) is 12.2. The van der Waals surface area contributed by atoms with Crippen molar-refractivity contribution < 1.29 is 5.11 Å². The molecule has 1 nitrogen and oxygen atoms in total. The van der Waals surface area contributed by atoms with Crippen LogP contribution in [0.3, 0.4) is 0 Å². The monoisotopic (exact) mass is 256 g/mol. The highest BCUT2D eigenvalue weighted by molar-refractivity contribution is 5.57. The molecular weight excluding hydrogens is 232 g/mol. The second-order valence-corrected chi connectivity index (χ2v) is 5.42. The van der Waals surface area contributed by atoms with Crippen molar-refractivity contribution in [2.45, 2.75) is 33.6 Å². The number of phenolic OH excluding ortho intramolecular Hbond substituents is 1. The van der Waals surface area contributed by atoms with E-state index in [1.165, 1.54) is 5.57 Å². The molecule has 0 aliphatic heterocycles. The Balaban J connectivity index is 2.78. The van der Waals surface area contributed by atoms with Gasteiger partial charge in [-0.15, -0.1) is 6.58 Å². The molecule has 1 N–H and O–H groups in total. The van der Waals surface area contributed by atoms with Gasteiger partial charge in [0.15, 0.2) is 0 Å². The van der Waals surface area contributed by atoms with Crippen molar-refractivity contribution in [1.29, 1.82) is 0 Å². The predicted octanol–water partition coefficient (Wildman–Crippen LogP) is 5.34. The normalized spacial score (nSPS) is 14.1. The molecule has 19 heavy (non-hydrogen) atoms. The molecule has 0 aliphatic rings. The summed E-state index contributed by atoms with van der Waals surface area (Å²) < 4.78 is 0. The third-order valence-corrected chi connectivity index (χ3v) is 3.28. The Kier molecular flexibility index (Phi) is 5.62. The molecule has 0 amide bonds. The summed E-state index contributed by atoms with van der Waals surface area (Å²) >= 11 is 0. The predicted molar refractivity (Wildman–Crippen MR) is 84.1 cm³/mol. The first kappa shape index (κ1) is 15.3. The highest BCUT2D eigenvalue weighted by Crippen LogP contribution is 2.29. The molecule has 1 aromatic carbocycles. The molecule has 1 rings (SSSR count). The summed E-state index contributed by atoms with van der Waals surface area (Å²) in [5.74, 6) is 0.314. The van der Waals surface area contributed by atoms with Gasteiger partial charge < -0.3 is 5.11 Å². The summed E-state index contributed by atoms with van der Waals surface area (Å²) in [4.78, 5) is 0. The lowest BCUT2D eigenvalue weighted by atomic mass is 9.84. The van der Waals surface area contributed by atoms with Crippen LogP contribution in [0.2, 0.25) is 0 Å². The Morgan fingerprint density at radius 3 is 2.58 bits per heavy atom. The van der Waals surface area contributed by atoms with Gasteiger partial charge in [-0.2, -0.15) is 0 Å². The molecule has 0 heterocycles. The van der Waals surface area contributed by atoms with Crippen LogP contribution in [0.4, 0.5) is 0 Å². The third-order valence-electron chi connectivity index (χ3n) is 3.28. The topological polar surface area (TPSA) is 20.2 Å². The molecule has 1 atom stereocenters. The lowest BCUT2D eigenvalue weighted by molar-refractivity contribution is 0.473. The van der Waals surface area contributed by atoms with Gasteiger partial charge in [-0.05, 0) is 32.8 Å². The van der Waals surface area contributed by atoms with E-state index in [0.29, 0.717) is 5.75 Å². The van der Waals surface area contributed by atoms with Crippen molar-refractivity contribution in [3.63, 3.8) is 0 Å². The number of phenols is 1. The van der Waals surface area contributed by atoms with Gasteiger partial charge in [-0.3, -0.25) is 0 Å². The molecule has 0 unspecified atom stereocenters. The summed E-state index contributed by atoms with van der Waals surface area (Å²) in [7, 11) is 0. The summed E-state index contributed by atoms with van der Waals surface area (Å²) in [6.45, 7) is 10.3. The Morgan fingerprint density at radius 1 is 1.32 bits per heavy atom. The quantitative estimate of drug-likeness (QED) is 0.681. The van der Waals surface area contributed by atoms with E-state index in [9.17, 15) is 5.11 Å². The van der Waals surface area contributed by atoms with Gasteiger partial charge in [0.1, 0.15) is 5.75 Å². The maximum Gasteiger partial charge on any atom is 0.122 e. The van der Waals surface area contributed by atoms with Crippen LogP contribution in [-0.2, 0) is 0 Å². The van der Waals surface area contributed by atoms with Gasteiger partial charge in [0.05, 0.1) is 0 Å². The van der Waals surface area contributed by atoms with Crippen LogP contribution in [0.15, 0.2) is 54.6 Å². The fourth-order valence-electron chi connectivity index (χ4n) is 1.83. The van der Waals surface area contributed by atoms with Gasteiger partial charge in [0, 0.05) is 11.0 Å². The van der Waals surface area contributed by atoms with Crippen molar-refractivity contribution in [2.24, 2.45) is 5.41 Å². The number of allylic oxidation sites excluding steroid dienone is 4. The first-order valence-corrected chi connectivity index (χ1v) is 6.71. The van der Waals surface area contributed by atoms with Crippen LogP contribution in [0, 0.1) is 5.41 Å². The molecule has 0 bridgehead atoms. The minimum Gasteiger partial charge on any atom is -0.507 e. The van der Waals surface area contributed by atoms with E-state index in [1.54, 1.807) is 6.07 Å². The minimum absolute atomic E-state index is 0.0474. The van der Waals surface area contributed by atoms with Crippen LogP contribution in [0.25, 0.3) is 6.08 Å². The fourth-order valence-corrected chi connectivity index (χ4v) is 1.83. The van der Waals surface area contributed by atoms with Gasteiger partial charge in [-0.1, -0.05) is 55.0 Å². The third kappa shape index (κ3) is 5.17. The van der Waals surface area contributed by atoms with E-state index >= 15 is 0 Å². The Morgan fingerprint density at radius 2 is 2.00 bits per heavy atom. The van der Waals surface area contributed by atoms with E-state index in [0.717, 1.165) is 18.4 Å². The average Bonchev–Trinajstić information content (AvgIpc) is 2.37. The lowest BCUT2D eigenvalue weighted by Gasteiger charge is -2.20. The second kappa shape index (κ2) is 6.98. The van der Waals surface area contributed by atoms with Crippen LogP contribution < -0.4 is 0 Å². The summed E-state index contributed by atoms with van der Waals surface area (Å²) in [6.07, 6.45) is 10.4. The summed E-state index contributed by atoms with van der Waals surface area (Å²) in [5.41, 5.74) is 2.14. The molecule has 102 valence electrons. The molecule has 0 saturated carbocycles. The molecule has 0 aliphatic carbocycles. The van der Waals surface area contributed by atoms with E-state index < -0.39 is 0 Å². The molecular formula is C18H24O. The molecule has 1 heteroatoms. The highest BCUT2D eigenvalue weighted by atomic mass is 16.3. The largest absolute Gasteiger partial charge is 0.507 e. The van der Waals surface area contributed by atoms with Crippen LogP contribution in [0.5, 0.6) is 5.75 Å². The molecule has 0 saturated heterocycles. The number of aromatic hydroxyl groups is 1. The summed E-state index contributed by atoms with van der Waals surface area (Å²) in [5, 5.41) is 9.74. The van der Waals surface area contributed by atoms with Gasteiger partial charge in [0.2, 0.25) is 0 Å². The Hall–Kier alpha value is -1.76. The number of benzene rings is 1. The minimum atomic E-state index is -0.0474. The van der Waals surface area contributed by atoms with Crippen molar-refractivity contribution in [1.82, 2.24) is 0 Å². The fraction of sp³-hybridized carbons (Fsp3) is 0.333. The van der Waals surface area contributed by atoms with Crippen molar-refractivity contribution in [3.8, 4) is 5.75 Å². The van der Waals surface area contributed by atoms with Crippen LogP contribution in [0.1, 0.15) is 39.2 Å². The van der Waals surface area contributed by atoms with Gasteiger partial charge >= 0.3 is 0 Å². The van der Waals surface area contributed by atoms with Crippen molar-refractivity contribution in [3.05, 3.63) is 60.2 Å². The van der Waals surface area contributed by atoms with Crippen molar-refractivity contribution >= 4 is 6.08 Å². The van der Waals surface area contributed by atoms with Crippen molar-refractivity contribution in [2.75, 3.05) is 0 Å². The van der Waals surface area contributed by atoms with E-state index in [-0.39, 0.29) is 5.41 Å².